The smallest absolute Gasteiger partial charge is 0.411 e. The van der Waals surface area contributed by atoms with Crippen molar-refractivity contribution in [1.29, 1.82) is 0 Å². The molecule has 0 aliphatic carbocycles. The molecule has 1 N–H and O–H groups in total. The molecule has 0 radical (unpaired) electrons. The molecular weight excluding hydrogens is 376 g/mol. The molecule has 5 heteroatoms. The molecule has 0 fully saturated rings. The fraction of sp³-hybridized carbons (Fsp3) is 0.200. The predicted molar refractivity (Wildman–Crippen MR) is 116 cm³/mol. The van der Waals surface area contributed by atoms with E-state index < -0.39 is 12.1 Å². The van der Waals surface area contributed by atoms with Crippen LogP contribution in [0.4, 0.5) is 10.5 Å². The first kappa shape index (κ1) is 19.7. The fourth-order valence-electron chi connectivity index (χ4n) is 3.70. The van der Waals surface area contributed by atoms with Gasteiger partial charge in [0.15, 0.2) is 0 Å². The van der Waals surface area contributed by atoms with Gasteiger partial charge >= 0.3 is 6.09 Å². The van der Waals surface area contributed by atoms with E-state index in [0.29, 0.717) is 13.0 Å². The van der Waals surface area contributed by atoms with Crippen molar-refractivity contribution in [2.24, 2.45) is 0 Å². The summed E-state index contributed by atoms with van der Waals surface area (Å²) in [5, 5.41) is 2.95. The van der Waals surface area contributed by atoms with E-state index >= 15 is 0 Å². The highest BCUT2D eigenvalue weighted by atomic mass is 16.6. The van der Waals surface area contributed by atoms with E-state index in [1.54, 1.807) is 0 Å². The van der Waals surface area contributed by atoms with Gasteiger partial charge in [0.05, 0.1) is 6.54 Å². The number of hydrogen-bond donors (Lipinski definition) is 1. The van der Waals surface area contributed by atoms with Crippen LogP contribution in [-0.2, 0) is 29.1 Å². The Kier molecular flexibility index (Phi) is 5.80. The van der Waals surface area contributed by atoms with Crippen LogP contribution in [0.2, 0.25) is 0 Å². The average Bonchev–Trinajstić information content (AvgIpc) is 2.77. The molecule has 1 atom stereocenters. The Morgan fingerprint density at radius 1 is 0.967 bits per heavy atom. The fourth-order valence-corrected chi connectivity index (χ4v) is 3.70. The van der Waals surface area contributed by atoms with E-state index in [1.807, 2.05) is 85.8 Å². The molecule has 0 unspecified atom stereocenters. The van der Waals surface area contributed by atoms with Crippen molar-refractivity contribution < 1.29 is 14.3 Å². The Morgan fingerprint density at radius 2 is 1.70 bits per heavy atom. The van der Waals surface area contributed by atoms with Gasteiger partial charge in [0.2, 0.25) is 5.91 Å². The van der Waals surface area contributed by atoms with Crippen molar-refractivity contribution in [3.8, 4) is 0 Å². The Labute approximate surface area is 176 Å². The Bertz CT molecular complexity index is 1050. The average molecular weight is 400 g/mol. The van der Waals surface area contributed by atoms with Crippen LogP contribution in [-0.4, -0.2) is 22.9 Å². The molecule has 5 nitrogen and oxygen atoms in total. The zero-order valence-electron chi connectivity index (χ0n) is 16.9. The molecule has 1 aliphatic rings. The van der Waals surface area contributed by atoms with Gasteiger partial charge < -0.3 is 10.1 Å². The van der Waals surface area contributed by atoms with Gasteiger partial charge in [0.25, 0.3) is 0 Å². The molecule has 0 saturated carbocycles. The number of carbonyl (C=O) groups is 2. The molecule has 1 heterocycles. The molecule has 3 aromatic carbocycles. The summed E-state index contributed by atoms with van der Waals surface area (Å²) in [6, 6.07) is 24.4. The number of amides is 2. The van der Waals surface area contributed by atoms with Gasteiger partial charge in [-0.1, -0.05) is 66.7 Å². The third kappa shape index (κ3) is 4.51. The third-order valence-electron chi connectivity index (χ3n) is 5.28. The summed E-state index contributed by atoms with van der Waals surface area (Å²) in [6.07, 6.45) is -0.0356. The van der Waals surface area contributed by atoms with Crippen LogP contribution < -0.4 is 5.32 Å². The summed E-state index contributed by atoms with van der Waals surface area (Å²) >= 11 is 0. The zero-order chi connectivity index (χ0) is 20.9. The minimum absolute atomic E-state index is 0.171. The van der Waals surface area contributed by atoms with Crippen LogP contribution in [0.15, 0.2) is 78.9 Å². The molecule has 3 aromatic rings. The Morgan fingerprint density at radius 3 is 2.47 bits per heavy atom. The third-order valence-corrected chi connectivity index (χ3v) is 5.28. The first-order valence-corrected chi connectivity index (χ1v) is 10.0. The SMILES string of the molecule is Cc1cccc(NC(=O)[C@@H]2Cc3ccccc3CN2C(=O)OCc2ccccc2)c1. The number of carbonyl (C=O) groups excluding carboxylic acids is 2. The quantitative estimate of drug-likeness (QED) is 0.691. The van der Waals surface area contributed by atoms with E-state index in [9.17, 15) is 9.59 Å². The lowest BCUT2D eigenvalue weighted by atomic mass is 9.94. The van der Waals surface area contributed by atoms with Crippen LogP contribution in [0.25, 0.3) is 0 Å². The highest BCUT2D eigenvalue weighted by molar-refractivity contribution is 5.97. The zero-order valence-corrected chi connectivity index (χ0v) is 16.9. The van der Waals surface area contributed by atoms with Gasteiger partial charge in [0.1, 0.15) is 12.6 Å². The largest absolute Gasteiger partial charge is 0.445 e. The second-order valence-corrected chi connectivity index (χ2v) is 7.52. The molecular formula is C25H24N2O3. The van der Waals surface area contributed by atoms with Crippen LogP contribution in [0, 0.1) is 6.92 Å². The van der Waals surface area contributed by atoms with Crippen LogP contribution >= 0.6 is 0 Å². The number of aryl methyl sites for hydroxylation is 1. The van der Waals surface area contributed by atoms with E-state index in [-0.39, 0.29) is 12.5 Å². The summed E-state index contributed by atoms with van der Waals surface area (Å²) in [5.74, 6) is -0.216. The van der Waals surface area contributed by atoms with Crippen molar-refractivity contribution in [2.75, 3.05) is 5.32 Å². The van der Waals surface area contributed by atoms with Gasteiger partial charge in [-0.2, -0.15) is 0 Å². The molecule has 1 aliphatic heterocycles. The second kappa shape index (κ2) is 8.82. The molecule has 152 valence electrons. The number of nitrogens with one attached hydrogen (secondary N) is 1. The number of nitrogens with zero attached hydrogens (tertiary/aromatic N) is 1. The van der Waals surface area contributed by atoms with Crippen molar-refractivity contribution in [3.05, 3.63) is 101 Å². The summed E-state index contributed by atoms with van der Waals surface area (Å²) in [7, 11) is 0. The highest BCUT2D eigenvalue weighted by Gasteiger charge is 2.35. The lowest BCUT2D eigenvalue weighted by Gasteiger charge is -2.35. The van der Waals surface area contributed by atoms with Gasteiger partial charge in [0, 0.05) is 12.1 Å². The normalized spacial score (nSPS) is 15.2. The maximum absolute atomic E-state index is 13.1. The summed E-state index contributed by atoms with van der Waals surface area (Å²) in [4.78, 5) is 27.6. The topological polar surface area (TPSA) is 58.6 Å². The van der Waals surface area contributed by atoms with E-state index in [0.717, 1.165) is 27.9 Å². The number of rotatable bonds is 4. The van der Waals surface area contributed by atoms with E-state index in [4.69, 9.17) is 4.74 Å². The van der Waals surface area contributed by atoms with E-state index in [1.165, 1.54) is 4.90 Å². The number of anilines is 1. The minimum Gasteiger partial charge on any atom is -0.445 e. The maximum Gasteiger partial charge on any atom is 0.411 e. The number of ether oxygens (including phenoxy) is 1. The van der Waals surface area contributed by atoms with Gasteiger partial charge in [-0.15, -0.1) is 0 Å². The molecule has 0 bridgehead atoms. The number of hydrogen-bond acceptors (Lipinski definition) is 3. The maximum atomic E-state index is 13.1. The Balaban J connectivity index is 1.53. The summed E-state index contributed by atoms with van der Waals surface area (Å²) in [6.45, 7) is 2.49. The lowest BCUT2D eigenvalue weighted by Crippen LogP contribution is -2.50. The van der Waals surface area contributed by atoms with Crippen molar-refractivity contribution in [2.45, 2.75) is 32.5 Å². The van der Waals surface area contributed by atoms with Gasteiger partial charge in [-0.3, -0.25) is 9.69 Å². The van der Waals surface area contributed by atoms with Gasteiger partial charge in [-0.05, 0) is 41.3 Å². The lowest BCUT2D eigenvalue weighted by molar-refractivity contribution is -0.121. The van der Waals surface area contributed by atoms with Gasteiger partial charge in [-0.25, -0.2) is 4.79 Å². The van der Waals surface area contributed by atoms with Crippen LogP contribution in [0.1, 0.15) is 22.3 Å². The molecule has 0 saturated heterocycles. The molecule has 30 heavy (non-hydrogen) atoms. The monoisotopic (exact) mass is 400 g/mol. The predicted octanol–water partition coefficient (Wildman–Crippen LogP) is 4.70. The van der Waals surface area contributed by atoms with Crippen molar-refractivity contribution >= 4 is 17.7 Å². The number of fused-ring (bicyclic) bond motifs is 1. The van der Waals surface area contributed by atoms with E-state index in [2.05, 4.69) is 5.32 Å². The van der Waals surface area contributed by atoms with Crippen LogP contribution in [0.3, 0.4) is 0 Å². The first-order chi connectivity index (χ1) is 14.6. The summed E-state index contributed by atoms with van der Waals surface area (Å²) in [5.41, 5.74) is 4.80. The summed E-state index contributed by atoms with van der Waals surface area (Å²) < 4.78 is 5.54. The first-order valence-electron chi connectivity index (χ1n) is 10.0. The standard InChI is InChI=1S/C25H24N2O3/c1-18-8-7-13-22(14-18)26-24(28)23-15-20-11-5-6-12-21(20)16-27(23)25(29)30-17-19-9-3-2-4-10-19/h2-14,23H,15-17H2,1H3,(H,26,28)/t23-/m0/s1. The second-order valence-electron chi connectivity index (χ2n) is 7.52. The molecule has 0 spiro atoms. The van der Waals surface area contributed by atoms with Crippen molar-refractivity contribution in [3.63, 3.8) is 0 Å². The molecule has 4 rings (SSSR count). The van der Waals surface area contributed by atoms with Crippen LogP contribution in [0.5, 0.6) is 0 Å². The highest BCUT2D eigenvalue weighted by Crippen LogP contribution is 2.25. The number of benzene rings is 3. The van der Waals surface area contributed by atoms with Crippen molar-refractivity contribution in [1.82, 2.24) is 4.90 Å². The Hall–Kier alpha value is -3.60. The molecule has 0 aromatic heterocycles. The minimum atomic E-state index is -0.635. The molecule has 2 amide bonds.